The first-order chi connectivity index (χ1) is 13.5. The van der Waals surface area contributed by atoms with Gasteiger partial charge in [0.1, 0.15) is 0 Å². The average Bonchev–Trinajstić information content (AvgIpc) is 3.24. The van der Waals surface area contributed by atoms with Crippen LogP contribution in [-0.2, 0) is 11.2 Å². The van der Waals surface area contributed by atoms with Crippen molar-refractivity contribution in [1.82, 2.24) is 20.7 Å². The standard InChI is InChI=1S/C20H20N4O4/c25-18(20(27)28)11-16(22-19(26)17-12-21-24-23-17)10-13-6-8-15(9-7-13)14-4-2-1-3-5-14/h1-9,12,16,18,25H,10-11H2,(H,22,26)(H,27,28)(H,21,23,24). The third-order valence-electron chi connectivity index (χ3n) is 4.32. The number of hydrogen-bond acceptors (Lipinski definition) is 5. The maximum atomic E-state index is 12.2. The summed E-state index contributed by atoms with van der Waals surface area (Å²) in [6.07, 6.45) is 0.00280. The average molecular weight is 380 g/mol. The number of nitrogens with zero attached hydrogens (tertiary/aromatic N) is 2. The van der Waals surface area contributed by atoms with E-state index in [1.165, 1.54) is 6.20 Å². The molecule has 1 aromatic heterocycles. The van der Waals surface area contributed by atoms with Crippen LogP contribution in [0.3, 0.4) is 0 Å². The van der Waals surface area contributed by atoms with Gasteiger partial charge in [-0.05, 0) is 23.1 Å². The van der Waals surface area contributed by atoms with Gasteiger partial charge in [-0.15, -0.1) is 5.10 Å². The number of nitrogens with one attached hydrogen (secondary N) is 2. The third kappa shape index (κ3) is 5.01. The number of aromatic nitrogens is 3. The highest BCUT2D eigenvalue weighted by Gasteiger charge is 2.23. The van der Waals surface area contributed by atoms with Gasteiger partial charge in [-0.2, -0.15) is 0 Å². The quantitative estimate of drug-likeness (QED) is 0.470. The Morgan fingerprint density at radius 2 is 1.71 bits per heavy atom. The van der Waals surface area contributed by atoms with Crippen LogP contribution in [-0.4, -0.2) is 49.6 Å². The van der Waals surface area contributed by atoms with Crippen molar-refractivity contribution in [1.29, 1.82) is 0 Å². The van der Waals surface area contributed by atoms with Crippen molar-refractivity contribution in [3.05, 3.63) is 72.1 Å². The summed E-state index contributed by atoms with van der Waals surface area (Å²) in [7, 11) is 0. The van der Waals surface area contributed by atoms with Gasteiger partial charge in [0.2, 0.25) is 0 Å². The van der Waals surface area contributed by atoms with Crippen molar-refractivity contribution in [3.8, 4) is 11.1 Å². The maximum absolute atomic E-state index is 12.2. The van der Waals surface area contributed by atoms with E-state index >= 15 is 0 Å². The lowest BCUT2D eigenvalue weighted by molar-refractivity contribution is -0.147. The smallest absolute Gasteiger partial charge is 0.332 e. The molecule has 0 saturated heterocycles. The van der Waals surface area contributed by atoms with Gasteiger partial charge in [-0.25, -0.2) is 4.79 Å². The van der Waals surface area contributed by atoms with Crippen LogP contribution in [0, 0.1) is 0 Å². The highest BCUT2D eigenvalue weighted by atomic mass is 16.4. The third-order valence-corrected chi connectivity index (χ3v) is 4.32. The molecule has 8 heteroatoms. The molecule has 3 rings (SSSR count). The second-order valence-electron chi connectivity index (χ2n) is 6.39. The molecule has 144 valence electrons. The number of carboxylic acids is 1. The Morgan fingerprint density at radius 1 is 1.04 bits per heavy atom. The van der Waals surface area contributed by atoms with Crippen molar-refractivity contribution >= 4 is 11.9 Å². The minimum atomic E-state index is -1.58. The summed E-state index contributed by atoms with van der Waals surface area (Å²) in [5.41, 5.74) is 3.14. The summed E-state index contributed by atoms with van der Waals surface area (Å²) < 4.78 is 0. The Labute approximate surface area is 161 Å². The molecule has 2 aromatic carbocycles. The SMILES string of the molecule is O=C(NC(Cc1ccc(-c2ccccc2)cc1)CC(O)C(=O)O)c1c[nH]nn1. The van der Waals surface area contributed by atoms with Crippen LogP contribution in [0.2, 0.25) is 0 Å². The molecule has 8 nitrogen and oxygen atoms in total. The molecular weight excluding hydrogens is 360 g/mol. The Morgan fingerprint density at radius 3 is 2.32 bits per heavy atom. The number of carbonyl (C=O) groups is 2. The lowest BCUT2D eigenvalue weighted by Gasteiger charge is -2.20. The molecule has 0 saturated carbocycles. The van der Waals surface area contributed by atoms with Crippen LogP contribution in [0.25, 0.3) is 11.1 Å². The van der Waals surface area contributed by atoms with Gasteiger partial charge >= 0.3 is 5.97 Å². The molecule has 0 radical (unpaired) electrons. The first-order valence-corrected chi connectivity index (χ1v) is 8.75. The molecule has 1 amide bonds. The maximum Gasteiger partial charge on any atom is 0.332 e. The topological polar surface area (TPSA) is 128 Å². The summed E-state index contributed by atoms with van der Waals surface area (Å²) in [5.74, 6) is -1.82. The first kappa shape index (κ1) is 19.2. The van der Waals surface area contributed by atoms with Gasteiger partial charge in [0, 0.05) is 12.5 Å². The Balaban J connectivity index is 1.72. The molecule has 3 aromatic rings. The zero-order valence-corrected chi connectivity index (χ0v) is 14.9. The van der Waals surface area contributed by atoms with E-state index < -0.39 is 24.0 Å². The number of rotatable bonds is 8. The minimum Gasteiger partial charge on any atom is -0.479 e. The summed E-state index contributed by atoms with van der Waals surface area (Å²) >= 11 is 0. The zero-order chi connectivity index (χ0) is 19.9. The highest BCUT2D eigenvalue weighted by Crippen LogP contribution is 2.20. The fourth-order valence-electron chi connectivity index (χ4n) is 2.88. The van der Waals surface area contributed by atoms with Crippen LogP contribution >= 0.6 is 0 Å². The number of aromatic amines is 1. The van der Waals surface area contributed by atoms with E-state index in [1.807, 2.05) is 54.6 Å². The Kier molecular flexibility index (Phi) is 6.13. The number of benzene rings is 2. The number of H-pyrrole nitrogens is 1. The summed E-state index contributed by atoms with van der Waals surface area (Å²) in [4.78, 5) is 23.2. The minimum absolute atomic E-state index is 0.0919. The molecule has 0 aliphatic carbocycles. The lowest BCUT2D eigenvalue weighted by atomic mass is 9.97. The normalized spacial score (nSPS) is 12.9. The fourth-order valence-corrected chi connectivity index (χ4v) is 2.88. The molecule has 2 atom stereocenters. The van der Waals surface area contributed by atoms with E-state index in [4.69, 9.17) is 5.11 Å². The number of carbonyl (C=O) groups excluding carboxylic acids is 1. The van der Waals surface area contributed by atoms with Crippen molar-refractivity contribution in [3.63, 3.8) is 0 Å². The number of carboxylic acid groups (broad SMARTS) is 1. The predicted molar refractivity (Wildman–Crippen MR) is 101 cm³/mol. The van der Waals surface area contributed by atoms with Gasteiger partial charge in [0.15, 0.2) is 11.8 Å². The van der Waals surface area contributed by atoms with Crippen LogP contribution in [0.5, 0.6) is 0 Å². The Hall–Kier alpha value is -3.52. The molecule has 28 heavy (non-hydrogen) atoms. The molecule has 0 bridgehead atoms. The van der Waals surface area contributed by atoms with Gasteiger partial charge in [0.05, 0.1) is 6.20 Å². The van der Waals surface area contributed by atoms with Crippen molar-refractivity contribution in [2.45, 2.75) is 25.0 Å². The molecule has 4 N–H and O–H groups in total. The second kappa shape index (κ2) is 8.92. The molecule has 1 heterocycles. The number of aliphatic carboxylic acids is 1. The number of aliphatic hydroxyl groups excluding tert-OH is 1. The molecule has 0 aliphatic heterocycles. The van der Waals surface area contributed by atoms with Crippen LogP contribution in [0.1, 0.15) is 22.5 Å². The van der Waals surface area contributed by atoms with Gasteiger partial charge in [0.25, 0.3) is 5.91 Å². The molecule has 0 spiro atoms. The zero-order valence-electron chi connectivity index (χ0n) is 14.9. The second-order valence-corrected chi connectivity index (χ2v) is 6.39. The van der Waals surface area contributed by atoms with E-state index in [0.717, 1.165) is 16.7 Å². The van der Waals surface area contributed by atoms with E-state index in [9.17, 15) is 14.7 Å². The van der Waals surface area contributed by atoms with E-state index in [1.54, 1.807) is 0 Å². The van der Waals surface area contributed by atoms with E-state index in [-0.39, 0.29) is 12.1 Å². The van der Waals surface area contributed by atoms with Gasteiger partial charge in [-0.1, -0.05) is 59.8 Å². The fraction of sp³-hybridized carbons (Fsp3) is 0.200. The largest absolute Gasteiger partial charge is 0.479 e. The number of hydrogen-bond donors (Lipinski definition) is 4. The summed E-state index contributed by atoms with van der Waals surface area (Å²) in [5, 5.41) is 31.0. The molecule has 0 fully saturated rings. The van der Waals surface area contributed by atoms with Gasteiger partial charge in [-0.3, -0.25) is 9.89 Å². The highest BCUT2D eigenvalue weighted by molar-refractivity contribution is 5.92. The van der Waals surface area contributed by atoms with Crippen molar-refractivity contribution < 1.29 is 19.8 Å². The summed E-state index contributed by atoms with van der Waals surface area (Å²) in [6.45, 7) is 0. The molecule has 2 unspecified atom stereocenters. The van der Waals surface area contributed by atoms with Crippen molar-refractivity contribution in [2.24, 2.45) is 0 Å². The predicted octanol–water partition coefficient (Wildman–Crippen LogP) is 1.65. The Bertz CT molecular complexity index is 911. The van der Waals surface area contributed by atoms with E-state index in [2.05, 4.69) is 20.7 Å². The monoisotopic (exact) mass is 380 g/mol. The summed E-state index contributed by atoms with van der Waals surface area (Å²) in [6, 6.07) is 17.1. The lowest BCUT2D eigenvalue weighted by Crippen LogP contribution is -2.40. The van der Waals surface area contributed by atoms with E-state index in [0.29, 0.717) is 6.42 Å². The first-order valence-electron chi connectivity index (χ1n) is 8.75. The van der Waals surface area contributed by atoms with Gasteiger partial charge < -0.3 is 15.5 Å². The molecular formula is C20H20N4O4. The van der Waals surface area contributed by atoms with Crippen LogP contribution in [0.4, 0.5) is 0 Å². The van der Waals surface area contributed by atoms with Crippen molar-refractivity contribution in [2.75, 3.05) is 0 Å². The van der Waals surface area contributed by atoms with Crippen LogP contribution < -0.4 is 5.32 Å². The van der Waals surface area contributed by atoms with Crippen LogP contribution in [0.15, 0.2) is 60.8 Å². The number of aliphatic hydroxyl groups is 1. The number of amides is 1. The molecule has 0 aliphatic rings.